The van der Waals surface area contributed by atoms with E-state index in [1.165, 1.54) is 11.8 Å². The first-order valence-corrected chi connectivity index (χ1v) is 13.3. The Bertz CT molecular complexity index is 1470. The maximum Gasteiger partial charge on any atom is 0.272 e. The fourth-order valence-corrected chi connectivity index (χ4v) is 4.43. The molecule has 0 heterocycles. The molecule has 39 heavy (non-hydrogen) atoms. The number of hydrogen-bond donors (Lipinski definition) is 2. The first-order chi connectivity index (χ1) is 18.9. The van der Waals surface area contributed by atoms with Gasteiger partial charge in [-0.2, -0.15) is 0 Å². The van der Waals surface area contributed by atoms with Gasteiger partial charge in [-0.15, -0.1) is 11.8 Å². The van der Waals surface area contributed by atoms with Gasteiger partial charge >= 0.3 is 0 Å². The van der Waals surface area contributed by atoms with Crippen LogP contribution in [-0.2, 0) is 4.79 Å². The molecule has 0 radical (unpaired) electrons. The zero-order valence-electron chi connectivity index (χ0n) is 21.0. The van der Waals surface area contributed by atoms with Gasteiger partial charge in [0.25, 0.3) is 11.8 Å². The lowest BCUT2D eigenvalue weighted by molar-refractivity contribution is -0.113. The van der Waals surface area contributed by atoms with E-state index in [4.69, 9.17) is 16.3 Å². The number of rotatable bonds is 10. The smallest absolute Gasteiger partial charge is 0.272 e. The van der Waals surface area contributed by atoms with Gasteiger partial charge < -0.3 is 15.4 Å². The van der Waals surface area contributed by atoms with Crippen molar-refractivity contribution in [1.29, 1.82) is 0 Å². The van der Waals surface area contributed by atoms with E-state index in [2.05, 4.69) is 10.6 Å². The summed E-state index contributed by atoms with van der Waals surface area (Å²) in [6.07, 6.45) is 1.60. The summed E-state index contributed by atoms with van der Waals surface area (Å²) in [4.78, 5) is 39.3. The molecular weight excluding hydrogens is 532 g/mol. The highest BCUT2D eigenvalue weighted by Gasteiger charge is 2.15. The van der Waals surface area contributed by atoms with Gasteiger partial charge in [-0.3, -0.25) is 14.4 Å². The van der Waals surface area contributed by atoms with Crippen molar-refractivity contribution in [1.82, 2.24) is 5.32 Å². The molecule has 6 nitrogen and oxygen atoms in total. The topological polar surface area (TPSA) is 84.5 Å². The molecule has 2 amide bonds. The van der Waals surface area contributed by atoms with Crippen molar-refractivity contribution in [3.05, 3.63) is 131 Å². The molecule has 0 aliphatic heterocycles. The van der Waals surface area contributed by atoms with Crippen molar-refractivity contribution in [2.24, 2.45) is 0 Å². The lowest BCUT2D eigenvalue weighted by Gasteiger charge is -2.12. The van der Waals surface area contributed by atoms with Gasteiger partial charge in [-0.05, 0) is 84.4 Å². The molecule has 0 saturated carbocycles. The van der Waals surface area contributed by atoms with Crippen molar-refractivity contribution in [3.63, 3.8) is 0 Å². The summed E-state index contributed by atoms with van der Waals surface area (Å²) in [6.45, 7) is 0. The molecular formula is C31H25ClN2O4S. The van der Waals surface area contributed by atoms with Crippen LogP contribution in [0.2, 0.25) is 5.02 Å². The number of amides is 2. The quantitative estimate of drug-likeness (QED) is 0.128. The molecule has 0 aliphatic carbocycles. The number of ketones is 1. The fraction of sp³-hybridized carbons (Fsp3) is 0.0645. The fourth-order valence-electron chi connectivity index (χ4n) is 3.51. The summed E-state index contributed by atoms with van der Waals surface area (Å²) in [5.74, 6) is 0.0694. The van der Waals surface area contributed by atoms with Crippen LogP contribution in [-0.4, -0.2) is 30.5 Å². The summed E-state index contributed by atoms with van der Waals surface area (Å²) < 4.78 is 5.19. The highest BCUT2D eigenvalue weighted by atomic mass is 35.5. The van der Waals surface area contributed by atoms with E-state index >= 15 is 0 Å². The maximum atomic E-state index is 13.2. The number of carbonyl (C=O) groups excluding carboxylic acids is 3. The summed E-state index contributed by atoms with van der Waals surface area (Å²) >= 11 is 7.29. The van der Waals surface area contributed by atoms with E-state index in [1.807, 2.05) is 18.2 Å². The summed E-state index contributed by atoms with van der Waals surface area (Å²) in [6, 6.07) is 29.7. The van der Waals surface area contributed by atoms with E-state index in [-0.39, 0.29) is 17.2 Å². The Morgan fingerprint density at radius 2 is 1.49 bits per heavy atom. The van der Waals surface area contributed by atoms with E-state index in [9.17, 15) is 14.4 Å². The largest absolute Gasteiger partial charge is 0.497 e. The summed E-state index contributed by atoms with van der Waals surface area (Å²) in [7, 11) is 1.57. The van der Waals surface area contributed by atoms with E-state index in [1.54, 1.807) is 98.1 Å². The molecule has 4 rings (SSSR count). The van der Waals surface area contributed by atoms with Crippen molar-refractivity contribution in [2.75, 3.05) is 18.2 Å². The summed E-state index contributed by atoms with van der Waals surface area (Å²) in [5.41, 5.74) is 2.38. The van der Waals surface area contributed by atoms with Crippen LogP contribution in [0.3, 0.4) is 0 Å². The minimum Gasteiger partial charge on any atom is -0.497 e. The lowest BCUT2D eigenvalue weighted by atomic mass is 10.1. The van der Waals surface area contributed by atoms with Gasteiger partial charge in [0, 0.05) is 26.7 Å². The third kappa shape index (κ3) is 8.07. The Kier molecular flexibility index (Phi) is 9.56. The number of thioether (sulfide) groups is 1. The lowest BCUT2D eigenvalue weighted by Crippen LogP contribution is -2.30. The maximum absolute atomic E-state index is 13.2. The van der Waals surface area contributed by atoms with E-state index in [0.717, 1.165) is 4.90 Å². The average Bonchev–Trinajstić information content (AvgIpc) is 2.97. The van der Waals surface area contributed by atoms with Gasteiger partial charge in [0.15, 0.2) is 5.78 Å². The van der Waals surface area contributed by atoms with Crippen molar-refractivity contribution in [3.8, 4) is 5.75 Å². The zero-order chi connectivity index (χ0) is 27.6. The van der Waals surface area contributed by atoms with Crippen molar-refractivity contribution < 1.29 is 19.1 Å². The molecule has 8 heteroatoms. The van der Waals surface area contributed by atoms with Gasteiger partial charge in [-0.1, -0.05) is 41.9 Å². The first-order valence-electron chi connectivity index (χ1n) is 12.0. The van der Waals surface area contributed by atoms with Crippen molar-refractivity contribution in [2.45, 2.75) is 4.90 Å². The molecule has 196 valence electrons. The third-order valence-corrected chi connectivity index (χ3v) is 6.87. The number of carbonyl (C=O) groups is 3. The summed E-state index contributed by atoms with van der Waals surface area (Å²) in [5, 5.41) is 6.13. The number of benzene rings is 4. The predicted molar refractivity (Wildman–Crippen MR) is 156 cm³/mol. The van der Waals surface area contributed by atoms with Crippen LogP contribution in [0.4, 0.5) is 5.69 Å². The molecule has 0 aliphatic rings. The molecule has 4 aromatic rings. The van der Waals surface area contributed by atoms with Crippen LogP contribution in [0, 0.1) is 0 Å². The second-order valence-electron chi connectivity index (χ2n) is 8.35. The molecule has 0 bridgehead atoms. The number of methoxy groups -OCH3 is 1. The third-order valence-electron chi connectivity index (χ3n) is 5.60. The molecule has 0 atom stereocenters. The SMILES string of the molecule is COc1ccc(/C=C(\NC(=O)c2ccccc2)C(=O)Nc2ccc(SCC(=O)c3ccc(Cl)cc3)cc2)cc1. The number of anilines is 1. The van der Waals surface area contributed by atoms with Gasteiger partial charge in [0.2, 0.25) is 0 Å². The minimum absolute atomic E-state index is 0.00323. The molecule has 0 spiro atoms. The molecule has 0 saturated heterocycles. The number of halogens is 1. The highest BCUT2D eigenvalue weighted by Crippen LogP contribution is 2.22. The Balaban J connectivity index is 1.44. The molecule has 2 N–H and O–H groups in total. The number of hydrogen-bond acceptors (Lipinski definition) is 5. The molecule has 0 unspecified atom stereocenters. The monoisotopic (exact) mass is 556 g/mol. The van der Waals surface area contributed by atoms with Gasteiger partial charge in [0.05, 0.1) is 12.9 Å². The molecule has 0 fully saturated rings. The standard InChI is InChI=1S/C31H25ClN2O4S/c1-38-26-15-7-21(8-16-26)19-28(34-30(36)23-5-3-2-4-6-23)31(37)33-25-13-17-27(18-14-25)39-20-29(35)22-9-11-24(32)12-10-22/h2-19H,20H2,1H3,(H,33,37)(H,34,36)/b28-19-. The van der Waals surface area contributed by atoms with Crippen LogP contribution in [0.1, 0.15) is 26.3 Å². The van der Waals surface area contributed by atoms with Crippen LogP contribution in [0.25, 0.3) is 6.08 Å². The molecule has 0 aromatic heterocycles. The van der Waals surface area contributed by atoms with Crippen LogP contribution >= 0.6 is 23.4 Å². The van der Waals surface area contributed by atoms with E-state index < -0.39 is 11.8 Å². The van der Waals surface area contributed by atoms with Crippen LogP contribution in [0.15, 0.2) is 114 Å². The highest BCUT2D eigenvalue weighted by molar-refractivity contribution is 8.00. The Labute approximate surface area is 236 Å². The first kappa shape index (κ1) is 27.7. The normalized spacial score (nSPS) is 11.0. The number of nitrogens with one attached hydrogen (secondary N) is 2. The van der Waals surface area contributed by atoms with Gasteiger partial charge in [-0.25, -0.2) is 0 Å². The second kappa shape index (κ2) is 13.5. The van der Waals surface area contributed by atoms with E-state index in [0.29, 0.717) is 33.1 Å². The Morgan fingerprint density at radius 1 is 0.821 bits per heavy atom. The number of Topliss-reactive ketones (excluding diaryl/α,β-unsaturated/α-hetero) is 1. The second-order valence-corrected chi connectivity index (χ2v) is 9.83. The average molecular weight is 557 g/mol. The van der Waals surface area contributed by atoms with Crippen LogP contribution < -0.4 is 15.4 Å². The van der Waals surface area contributed by atoms with Crippen LogP contribution in [0.5, 0.6) is 5.75 Å². The zero-order valence-corrected chi connectivity index (χ0v) is 22.6. The number of ether oxygens (including phenoxy) is 1. The molecule has 4 aromatic carbocycles. The Morgan fingerprint density at radius 3 is 2.13 bits per heavy atom. The minimum atomic E-state index is -0.478. The van der Waals surface area contributed by atoms with Gasteiger partial charge in [0.1, 0.15) is 11.4 Å². The Hall–Kier alpha value is -4.33. The van der Waals surface area contributed by atoms with Crippen molar-refractivity contribution >= 4 is 52.7 Å². The predicted octanol–water partition coefficient (Wildman–Crippen LogP) is 6.73.